The second-order valence-corrected chi connectivity index (χ2v) is 4.92. The number of rotatable bonds is 6. The van der Waals surface area contributed by atoms with Gasteiger partial charge < -0.3 is 19.5 Å². The van der Waals surface area contributed by atoms with Crippen molar-refractivity contribution in [2.24, 2.45) is 5.92 Å². The lowest BCUT2D eigenvalue weighted by Gasteiger charge is -2.25. The van der Waals surface area contributed by atoms with Crippen LogP contribution < -0.4 is 19.5 Å². The van der Waals surface area contributed by atoms with Crippen molar-refractivity contribution in [2.45, 2.75) is 19.3 Å². The van der Waals surface area contributed by atoms with Gasteiger partial charge in [0, 0.05) is 12.1 Å². The fourth-order valence-corrected chi connectivity index (χ4v) is 2.25. The van der Waals surface area contributed by atoms with Gasteiger partial charge in [-0.25, -0.2) is 0 Å². The molecular weight excluding hydrogens is 258 g/mol. The van der Waals surface area contributed by atoms with Gasteiger partial charge in [0.1, 0.15) is 0 Å². The average Bonchev–Trinajstić information content (AvgIpc) is 2.43. The van der Waals surface area contributed by atoms with Crippen LogP contribution in [0.5, 0.6) is 17.2 Å². The average molecular weight is 279 g/mol. The van der Waals surface area contributed by atoms with Gasteiger partial charge in [0.15, 0.2) is 11.5 Å². The molecule has 1 saturated carbocycles. The van der Waals surface area contributed by atoms with Gasteiger partial charge in [0.2, 0.25) is 5.75 Å². The number of methoxy groups -OCH3 is 3. The molecule has 110 valence electrons. The molecule has 5 heteroatoms. The summed E-state index contributed by atoms with van der Waals surface area (Å²) in [5.74, 6) is 1.98. The molecule has 0 bridgehead atoms. The maximum absolute atomic E-state index is 12.2. The van der Waals surface area contributed by atoms with Crippen LogP contribution in [0.4, 0.5) is 0 Å². The molecule has 1 aromatic carbocycles. The Balaban J connectivity index is 2.15. The summed E-state index contributed by atoms with van der Waals surface area (Å²) < 4.78 is 15.7. The molecule has 1 aliphatic carbocycles. The van der Waals surface area contributed by atoms with Crippen molar-refractivity contribution in [3.8, 4) is 17.2 Å². The van der Waals surface area contributed by atoms with E-state index in [-0.39, 0.29) is 5.91 Å². The lowest BCUT2D eigenvalue weighted by atomic mass is 9.85. The van der Waals surface area contributed by atoms with E-state index in [0.717, 1.165) is 6.54 Å². The van der Waals surface area contributed by atoms with Gasteiger partial charge in [-0.3, -0.25) is 4.79 Å². The molecule has 1 aliphatic rings. The molecule has 0 unspecified atom stereocenters. The monoisotopic (exact) mass is 279 g/mol. The molecule has 0 aliphatic heterocycles. The maximum atomic E-state index is 12.2. The van der Waals surface area contributed by atoms with E-state index in [1.165, 1.54) is 40.6 Å². The van der Waals surface area contributed by atoms with Gasteiger partial charge in [-0.2, -0.15) is 0 Å². The van der Waals surface area contributed by atoms with E-state index in [4.69, 9.17) is 14.2 Å². The number of amides is 1. The van der Waals surface area contributed by atoms with E-state index in [2.05, 4.69) is 5.32 Å². The van der Waals surface area contributed by atoms with E-state index in [1.807, 2.05) is 0 Å². The van der Waals surface area contributed by atoms with Gasteiger partial charge in [-0.1, -0.05) is 6.42 Å². The van der Waals surface area contributed by atoms with Crippen molar-refractivity contribution in [2.75, 3.05) is 27.9 Å². The van der Waals surface area contributed by atoms with Crippen molar-refractivity contribution in [3.63, 3.8) is 0 Å². The summed E-state index contributed by atoms with van der Waals surface area (Å²) in [4.78, 5) is 12.2. The zero-order chi connectivity index (χ0) is 14.5. The Bertz CT molecular complexity index is 458. The first-order chi connectivity index (χ1) is 9.69. The van der Waals surface area contributed by atoms with Gasteiger partial charge in [0.05, 0.1) is 21.3 Å². The smallest absolute Gasteiger partial charge is 0.251 e. The highest BCUT2D eigenvalue weighted by atomic mass is 16.5. The SMILES string of the molecule is COc1cc(C(=O)NCC2CCC2)cc(OC)c1OC. The van der Waals surface area contributed by atoms with Crippen LogP contribution in [0.15, 0.2) is 12.1 Å². The molecule has 1 fully saturated rings. The number of carbonyl (C=O) groups is 1. The van der Waals surface area contributed by atoms with Crippen molar-refractivity contribution >= 4 is 5.91 Å². The number of hydrogen-bond donors (Lipinski definition) is 1. The topological polar surface area (TPSA) is 56.8 Å². The molecule has 1 amide bonds. The highest BCUT2D eigenvalue weighted by Crippen LogP contribution is 2.38. The van der Waals surface area contributed by atoms with Crippen LogP contribution in [0.1, 0.15) is 29.6 Å². The summed E-state index contributed by atoms with van der Waals surface area (Å²) in [6.07, 6.45) is 3.68. The molecule has 0 saturated heterocycles. The zero-order valence-electron chi connectivity index (χ0n) is 12.2. The van der Waals surface area contributed by atoms with E-state index in [1.54, 1.807) is 12.1 Å². The zero-order valence-corrected chi connectivity index (χ0v) is 12.2. The number of hydrogen-bond acceptors (Lipinski definition) is 4. The van der Waals surface area contributed by atoms with Gasteiger partial charge in [0.25, 0.3) is 5.91 Å². The van der Waals surface area contributed by atoms with Gasteiger partial charge >= 0.3 is 0 Å². The van der Waals surface area contributed by atoms with Crippen LogP contribution >= 0.6 is 0 Å². The fraction of sp³-hybridized carbons (Fsp3) is 0.533. The summed E-state index contributed by atoms with van der Waals surface area (Å²) in [6.45, 7) is 0.732. The highest BCUT2D eigenvalue weighted by Gasteiger charge is 2.20. The van der Waals surface area contributed by atoms with Crippen molar-refractivity contribution in [1.82, 2.24) is 5.32 Å². The summed E-state index contributed by atoms with van der Waals surface area (Å²) in [7, 11) is 4.61. The first-order valence-corrected chi connectivity index (χ1v) is 6.77. The first kappa shape index (κ1) is 14.5. The maximum Gasteiger partial charge on any atom is 0.251 e. The summed E-state index contributed by atoms with van der Waals surface area (Å²) in [6, 6.07) is 3.33. The molecular formula is C15H21NO4. The Morgan fingerprint density at radius 3 is 2.15 bits per heavy atom. The van der Waals surface area contributed by atoms with E-state index in [0.29, 0.717) is 28.7 Å². The molecule has 0 spiro atoms. The standard InChI is InChI=1S/C15H21NO4/c1-18-12-7-11(8-13(19-2)14(12)20-3)15(17)16-9-10-5-4-6-10/h7-8,10H,4-6,9H2,1-3H3,(H,16,17). The lowest BCUT2D eigenvalue weighted by Crippen LogP contribution is -2.32. The first-order valence-electron chi connectivity index (χ1n) is 6.77. The molecule has 0 aromatic heterocycles. The summed E-state index contributed by atoms with van der Waals surface area (Å²) in [5, 5.41) is 2.95. The molecule has 0 atom stereocenters. The minimum absolute atomic E-state index is 0.115. The summed E-state index contributed by atoms with van der Waals surface area (Å²) in [5.41, 5.74) is 0.513. The molecule has 0 radical (unpaired) electrons. The predicted octanol–water partition coefficient (Wildman–Crippen LogP) is 2.24. The Kier molecular flexibility index (Phi) is 4.71. The molecule has 0 heterocycles. The van der Waals surface area contributed by atoms with E-state index >= 15 is 0 Å². The minimum Gasteiger partial charge on any atom is -0.493 e. The van der Waals surface area contributed by atoms with Crippen LogP contribution in [0.3, 0.4) is 0 Å². The third-order valence-electron chi connectivity index (χ3n) is 3.70. The van der Waals surface area contributed by atoms with Crippen molar-refractivity contribution < 1.29 is 19.0 Å². The third-order valence-corrected chi connectivity index (χ3v) is 3.70. The van der Waals surface area contributed by atoms with Crippen LogP contribution in [0, 0.1) is 5.92 Å². The fourth-order valence-electron chi connectivity index (χ4n) is 2.25. The molecule has 2 rings (SSSR count). The van der Waals surface area contributed by atoms with Crippen LogP contribution in [0.25, 0.3) is 0 Å². The van der Waals surface area contributed by atoms with Crippen LogP contribution in [-0.4, -0.2) is 33.8 Å². The lowest BCUT2D eigenvalue weighted by molar-refractivity contribution is 0.0938. The third kappa shape index (κ3) is 2.98. The van der Waals surface area contributed by atoms with Crippen molar-refractivity contribution in [1.29, 1.82) is 0 Å². The Morgan fingerprint density at radius 1 is 1.15 bits per heavy atom. The second kappa shape index (κ2) is 6.50. The van der Waals surface area contributed by atoms with Crippen molar-refractivity contribution in [3.05, 3.63) is 17.7 Å². The highest BCUT2D eigenvalue weighted by molar-refractivity contribution is 5.95. The molecule has 5 nitrogen and oxygen atoms in total. The van der Waals surface area contributed by atoms with Crippen LogP contribution in [-0.2, 0) is 0 Å². The van der Waals surface area contributed by atoms with E-state index < -0.39 is 0 Å². The predicted molar refractivity (Wildman–Crippen MR) is 75.8 cm³/mol. The second-order valence-electron chi connectivity index (χ2n) is 4.92. The Hall–Kier alpha value is -1.91. The molecule has 1 N–H and O–H groups in total. The Labute approximate surface area is 119 Å². The van der Waals surface area contributed by atoms with E-state index in [9.17, 15) is 4.79 Å². The quantitative estimate of drug-likeness (QED) is 0.867. The Morgan fingerprint density at radius 2 is 1.75 bits per heavy atom. The normalized spacial score (nSPS) is 14.3. The van der Waals surface area contributed by atoms with Gasteiger partial charge in [-0.15, -0.1) is 0 Å². The number of benzene rings is 1. The molecule has 20 heavy (non-hydrogen) atoms. The van der Waals surface area contributed by atoms with Gasteiger partial charge in [-0.05, 0) is 30.9 Å². The number of carbonyl (C=O) groups excluding carboxylic acids is 1. The minimum atomic E-state index is -0.115. The molecule has 1 aromatic rings. The largest absolute Gasteiger partial charge is 0.493 e. The van der Waals surface area contributed by atoms with Crippen LogP contribution in [0.2, 0.25) is 0 Å². The number of nitrogens with one attached hydrogen (secondary N) is 1. The summed E-state index contributed by atoms with van der Waals surface area (Å²) >= 11 is 0. The number of ether oxygens (including phenoxy) is 3.